The molecule has 0 radical (unpaired) electrons. The lowest BCUT2D eigenvalue weighted by atomic mass is 10.2. The number of carbonyl (C=O) groups is 5. The van der Waals surface area contributed by atoms with Crippen molar-refractivity contribution in [1.82, 2.24) is 25.8 Å². The fourth-order valence-corrected chi connectivity index (χ4v) is 7.10. The number of likely N-dealkylation sites (N-methyl/N-ethyl adjacent to an activating group) is 1. The van der Waals surface area contributed by atoms with Crippen molar-refractivity contribution in [2.24, 2.45) is 4.99 Å². The molecule has 2 saturated heterocycles. The molecule has 0 aromatic heterocycles. The maximum atomic E-state index is 13.5. The van der Waals surface area contributed by atoms with Crippen molar-refractivity contribution in [2.45, 2.75) is 43.4 Å². The molecule has 0 bridgehead atoms. The highest BCUT2D eigenvalue weighted by Crippen LogP contribution is 2.30. The van der Waals surface area contributed by atoms with E-state index in [9.17, 15) is 44.2 Å². The monoisotopic (exact) mass is 790 g/mol. The van der Waals surface area contributed by atoms with Crippen LogP contribution >= 0.6 is 11.8 Å². The molecule has 3 aromatic carbocycles. The minimum absolute atomic E-state index is 0.0458. The Morgan fingerprint density at radius 2 is 1.38 bits per heavy atom. The summed E-state index contributed by atoms with van der Waals surface area (Å²) in [6.07, 6.45) is -1.17. The Labute approximate surface area is 324 Å². The first kappa shape index (κ1) is 40.8. The van der Waals surface area contributed by atoms with Crippen LogP contribution in [-0.2, 0) is 32.3 Å². The number of guanidine groups is 1. The summed E-state index contributed by atoms with van der Waals surface area (Å²) in [7, 11) is 1.85. The van der Waals surface area contributed by atoms with Crippen molar-refractivity contribution in [3.8, 4) is 0 Å². The molecule has 19 nitrogen and oxygen atoms in total. The number of aliphatic imine (C=N–C) groups is 1. The SMILES string of the molecule is CN1C[C@@H](SC(=O)c2ccccc2)C[C@H]1C(=O)N1CC[C@H](NC(=O)CN=C(NC(=O)OCc2ccc([N+](=O)[O-])cc2)NC(=O)OCc2ccc([N+](=O)[O-])cc2)C1. The second-order valence-corrected chi connectivity index (χ2v) is 14.1. The average molecular weight is 791 g/mol. The zero-order chi connectivity index (χ0) is 40.2. The van der Waals surface area contributed by atoms with E-state index in [1.165, 1.54) is 60.3 Å². The average Bonchev–Trinajstić information content (AvgIpc) is 3.81. The highest BCUT2D eigenvalue weighted by Gasteiger charge is 2.40. The number of benzene rings is 3. The third-order valence-electron chi connectivity index (χ3n) is 8.80. The van der Waals surface area contributed by atoms with Crippen LogP contribution in [0.15, 0.2) is 83.9 Å². The topological polar surface area (TPSA) is 245 Å². The standard InChI is InChI=1S/C36H38N8O11S/c1-41-20-29(56-33(47)25-5-3-2-4-6-25)17-30(41)32(46)42-16-15-26(19-42)38-31(45)18-37-34(39-35(48)54-21-23-7-11-27(12-8-23)43(50)51)40-36(49)55-22-24-9-13-28(14-10-24)44(52)53/h2-14,26,29-30H,15-22H2,1H3,(H,38,45)(H2,37,39,40,48,49)/t26-,29-,30-/m0/s1. The van der Waals surface area contributed by atoms with E-state index < -0.39 is 46.5 Å². The van der Waals surface area contributed by atoms with Crippen LogP contribution in [0.4, 0.5) is 21.0 Å². The summed E-state index contributed by atoms with van der Waals surface area (Å²) >= 11 is 1.23. The van der Waals surface area contributed by atoms with Crippen LogP contribution in [0.3, 0.4) is 0 Å². The summed E-state index contributed by atoms with van der Waals surface area (Å²) in [5.41, 5.74) is 1.17. The number of hydrogen-bond acceptors (Lipinski definition) is 14. The van der Waals surface area contributed by atoms with Gasteiger partial charge in [-0.05, 0) is 55.3 Å². The Hall–Kier alpha value is -6.41. The quantitative estimate of drug-likeness (QED) is 0.103. The Morgan fingerprint density at radius 1 is 0.821 bits per heavy atom. The highest BCUT2D eigenvalue weighted by atomic mass is 32.2. The van der Waals surface area contributed by atoms with Gasteiger partial charge in [0.2, 0.25) is 22.9 Å². The van der Waals surface area contributed by atoms with Gasteiger partial charge in [-0.1, -0.05) is 42.1 Å². The molecule has 2 aliphatic rings. The van der Waals surface area contributed by atoms with Crippen molar-refractivity contribution < 1.29 is 43.3 Å². The molecule has 0 saturated carbocycles. The number of carbonyl (C=O) groups excluding carboxylic acids is 5. The van der Waals surface area contributed by atoms with Crippen molar-refractivity contribution in [2.75, 3.05) is 33.2 Å². The van der Waals surface area contributed by atoms with Gasteiger partial charge in [0, 0.05) is 60.8 Å². The third kappa shape index (κ3) is 11.8. The maximum Gasteiger partial charge on any atom is 0.414 e. The van der Waals surface area contributed by atoms with Gasteiger partial charge >= 0.3 is 12.2 Å². The van der Waals surface area contributed by atoms with Crippen molar-refractivity contribution >= 4 is 58.2 Å². The number of ether oxygens (including phenoxy) is 2. The highest BCUT2D eigenvalue weighted by molar-refractivity contribution is 8.14. The Kier molecular flexibility index (Phi) is 14.0. The number of nitrogens with one attached hydrogen (secondary N) is 3. The number of nitro benzene ring substituents is 2. The predicted octanol–water partition coefficient (Wildman–Crippen LogP) is 3.38. The first-order valence-electron chi connectivity index (χ1n) is 17.3. The molecular weight excluding hydrogens is 753 g/mol. The van der Waals surface area contributed by atoms with Crippen LogP contribution < -0.4 is 16.0 Å². The number of alkyl carbamates (subject to hydrolysis) is 2. The first-order valence-corrected chi connectivity index (χ1v) is 18.2. The van der Waals surface area contributed by atoms with Gasteiger partial charge in [-0.2, -0.15) is 0 Å². The zero-order valence-corrected chi connectivity index (χ0v) is 30.8. The lowest BCUT2D eigenvalue weighted by molar-refractivity contribution is -0.385. The second kappa shape index (κ2) is 19.3. The molecular formula is C36H38N8O11S. The fourth-order valence-electron chi connectivity index (χ4n) is 5.93. The molecule has 0 spiro atoms. The molecule has 3 aromatic rings. The molecule has 0 aliphatic carbocycles. The molecule has 3 atom stereocenters. The fraction of sp³-hybridized carbons (Fsp3) is 0.333. The molecule has 2 heterocycles. The molecule has 294 valence electrons. The molecule has 3 N–H and O–H groups in total. The van der Waals surface area contributed by atoms with E-state index in [0.717, 1.165) is 0 Å². The van der Waals surface area contributed by atoms with Gasteiger partial charge in [0.05, 0.1) is 15.9 Å². The maximum absolute atomic E-state index is 13.5. The molecule has 0 unspecified atom stereocenters. The number of likely N-dealkylation sites (tertiary alicyclic amines) is 2. The number of non-ortho nitro benzene ring substituents is 2. The largest absolute Gasteiger partial charge is 0.444 e. The van der Waals surface area contributed by atoms with Gasteiger partial charge in [-0.15, -0.1) is 0 Å². The number of amides is 4. The van der Waals surface area contributed by atoms with E-state index in [-0.39, 0.29) is 53.4 Å². The van der Waals surface area contributed by atoms with Gasteiger partial charge in [0.15, 0.2) is 0 Å². The van der Waals surface area contributed by atoms with Crippen LogP contribution in [-0.4, -0.2) is 105 Å². The Morgan fingerprint density at radius 3 is 1.91 bits per heavy atom. The summed E-state index contributed by atoms with van der Waals surface area (Å²) < 4.78 is 10.3. The number of nitro groups is 2. The molecule has 2 aliphatic heterocycles. The zero-order valence-electron chi connectivity index (χ0n) is 30.0. The second-order valence-electron chi connectivity index (χ2n) is 12.8. The van der Waals surface area contributed by atoms with Crippen molar-refractivity contribution in [3.63, 3.8) is 0 Å². The summed E-state index contributed by atoms with van der Waals surface area (Å²) in [6.45, 7) is 0.110. The van der Waals surface area contributed by atoms with E-state index in [2.05, 4.69) is 20.9 Å². The van der Waals surface area contributed by atoms with Gasteiger partial charge < -0.3 is 19.7 Å². The molecule has 4 amide bonds. The normalized spacial score (nSPS) is 17.7. The van der Waals surface area contributed by atoms with Crippen LogP contribution in [0, 0.1) is 20.2 Å². The minimum Gasteiger partial charge on any atom is -0.444 e. The number of nitrogens with zero attached hydrogens (tertiary/aromatic N) is 5. The van der Waals surface area contributed by atoms with Crippen LogP contribution in [0.5, 0.6) is 0 Å². The number of rotatable bonds is 12. The van der Waals surface area contributed by atoms with Crippen molar-refractivity contribution in [3.05, 3.63) is 116 Å². The van der Waals surface area contributed by atoms with E-state index in [0.29, 0.717) is 42.6 Å². The van der Waals surface area contributed by atoms with Gasteiger partial charge in [0.1, 0.15) is 19.8 Å². The van der Waals surface area contributed by atoms with E-state index in [4.69, 9.17) is 9.47 Å². The number of thioether (sulfide) groups is 1. The van der Waals surface area contributed by atoms with E-state index in [1.54, 1.807) is 29.2 Å². The summed E-state index contributed by atoms with van der Waals surface area (Å²) in [6, 6.07) is 18.7. The molecule has 5 rings (SSSR count). The first-order chi connectivity index (χ1) is 26.8. The van der Waals surface area contributed by atoms with Crippen LogP contribution in [0.25, 0.3) is 0 Å². The molecule has 56 heavy (non-hydrogen) atoms. The Bertz CT molecular complexity index is 1890. The molecule has 20 heteroatoms. The van der Waals surface area contributed by atoms with Gasteiger partial charge in [-0.25, -0.2) is 14.6 Å². The smallest absolute Gasteiger partial charge is 0.414 e. The van der Waals surface area contributed by atoms with E-state index >= 15 is 0 Å². The molecule has 2 fully saturated rings. The predicted molar refractivity (Wildman–Crippen MR) is 201 cm³/mol. The summed E-state index contributed by atoms with van der Waals surface area (Å²) in [5.74, 6) is -1.15. The van der Waals surface area contributed by atoms with E-state index in [1.807, 2.05) is 18.0 Å². The minimum atomic E-state index is -1.08. The van der Waals surface area contributed by atoms with Crippen LogP contribution in [0.2, 0.25) is 0 Å². The van der Waals surface area contributed by atoms with Gasteiger partial charge in [-0.3, -0.25) is 50.1 Å². The summed E-state index contributed by atoms with van der Waals surface area (Å²) in [4.78, 5) is 92.7. The van der Waals surface area contributed by atoms with Gasteiger partial charge in [0.25, 0.3) is 11.4 Å². The lowest BCUT2D eigenvalue weighted by Crippen LogP contribution is -2.46. The third-order valence-corrected chi connectivity index (χ3v) is 9.92. The van der Waals surface area contributed by atoms with Crippen LogP contribution in [0.1, 0.15) is 34.3 Å². The lowest BCUT2D eigenvalue weighted by Gasteiger charge is -2.25. The number of hydrogen-bond donors (Lipinski definition) is 3. The summed E-state index contributed by atoms with van der Waals surface area (Å²) in [5, 5.41) is 29.0. The Balaban J connectivity index is 1.13. The van der Waals surface area contributed by atoms with Crippen molar-refractivity contribution in [1.29, 1.82) is 0 Å².